The maximum Gasteiger partial charge on any atom is 0.261 e. The van der Waals surface area contributed by atoms with E-state index in [1.165, 1.54) is 0 Å². The van der Waals surface area contributed by atoms with E-state index in [4.69, 9.17) is 5.84 Å². The van der Waals surface area contributed by atoms with Gasteiger partial charge in [-0.25, -0.2) is 5.84 Å². The Hall–Kier alpha value is -1.29. The molecule has 0 aromatic carbocycles. The first kappa shape index (κ1) is 11.8. The number of rotatable bonds is 2. The highest BCUT2D eigenvalue weighted by atomic mass is 16.3. The van der Waals surface area contributed by atoms with E-state index in [9.17, 15) is 9.90 Å². The van der Waals surface area contributed by atoms with Crippen LogP contribution in [0.3, 0.4) is 0 Å². The lowest BCUT2D eigenvalue weighted by Gasteiger charge is -2.20. The summed E-state index contributed by atoms with van der Waals surface area (Å²) in [5.74, 6) is 4.56. The molecule has 0 aliphatic heterocycles. The van der Waals surface area contributed by atoms with Gasteiger partial charge in [-0.1, -0.05) is 25.5 Å². The molecule has 4 heteroatoms. The van der Waals surface area contributed by atoms with E-state index in [-0.39, 0.29) is 17.6 Å². The minimum Gasteiger partial charge on any atom is -0.512 e. The Morgan fingerprint density at radius 3 is 2.87 bits per heavy atom. The second-order valence-corrected chi connectivity index (χ2v) is 3.81. The number of allylic oxidation sites excluding steroid dienone is 2. The van der Waals surface area contributed by atoms with Gasteiger partial charge < -0.3 is 5.11 Å². The Bertz CT molecular complexity index is 284. The molecule has 1 rings (SSSR count). The summed E-state index contributed by atoms with van der Waals surface area (Å²) >= 11 is 0. The molecular formula is C11H18N2O2. The average Bonchev–Trinajstić information content (AvgIpc) is 2.16. The summed E-state index contributed by atoms with van der Waals surface area (Å²) in [7, 11) is 0. The second-order valence-electron chi connectivity index (χ2n) is 3.81. The van der Waals surface area contributed by atoms with Gasteiger partial charge in [0.2, 0.25) is 0 Å². The first-order valence-electron chi connectivity index (χ1n) is 5.25. The summed E-state index contributed by atoms with van der Waals surface area (Å²) in [6.07, 6.45) is 6.66. The summed E-state index contributed by atoms with van der Waals surface area (Å²) in [6, 6.07) is 0. The highest BCUT2D eigenvalue weighted by Gasteiger charge is 2.23. The van der Waals surface area contributed by atoms with Crippen molar-refractivity contribution in [1.29, 1.82) is 0 Å². The minimum atomic E-state index is -0.322. The third-order valence-electron chi connectivity index (χ3n) is 2.73. The molecule has 0 aromatic heterocycles. The standard InChI is InChI=1S/C11H18N2O2/c1-8(14)9-6-4-2-3-5-7-10(9)11(15)13-12/h7,9,14H,1-6,12H2,(H,13,15). The van der Waals surface area contributed by atoms with Crippen molar-refractivity contribution in [2.24, 2.45) is 11.8 Å². The van der Waals surface area contributed by atoms with Crippen LogP contribution >= 0.6 is 0 Å². The van der Waals surface area contributed by atoms with E-state index in [2.05, 4.69) is 12.0 Å². The van der Waals surface area contributed by atoms with E-state index in [0.717, 1.165) is 32.1 Å². The van der Waals surface area contributed by atoms with Crippen molar-refractivity contribution in [2.45, 2.75) is 32.1 Å². The smallest absolute Gasteiger partial charge is 0.261 e. The van der Waals surface area contributed by atoms with Crippen molar-refractivity contribution >= 4 is 5.91 Å². The van der Waals surface area contributed by atoms with Gasteiger partial charge in [0.15, 0.2) is 0 Å². The van der Waals surface area contributed by atoms with Crippen LogP contribution in [0.2, 0.25) is 0 Å². The first-order valence-corrected chi connectivity index (χ1v) is 5.25. The predicted octanol–water partition coefficient (Wildman–Crippen LogP) is 1.55. The number of carbonyl (C=O) groups is 1. The van der Waals surface area contributed by atoms with E-state index in [0.29, 0.717) is 5.57 Å². The van der Waals surface area contributed by atoms with Crippen LogP contribution in [0.25, 0.3) is 0 Å². The normalized spacial score (nSPS) is 22.2. The fourth-order valence-corrected chi connectivity index (χ4v) is 1.91. The molecule has 4 nitrogen and oxygen atoms in total. The van der Waals surface area contributed by atoms with Crippen molar-refractivity contribution < 1.29 is 9.90 Å². The Morgan fingerprint density at radius 1 is 1.53 bits per heavy atom. The van der Waals surface area contributed by atoms with Crippen molar-refractivity contribution in [2.75, 3.05) is 0 Å². The van der Waals surface area contributed by atoms with Crippen molar-refractivity contribution in [3.63, 3.8) is 0 Å². The lowest BCUT2D eigenvalue weighted by molar-refractivity contribution is -0.118. The summed E-state index contributed by atoms with van der Waals surface area (Å²) in [5.41, 5.74) is 2.65. The molecular weight excluding hydrogens is 192 g/mol. The molecule has 0 aromatic rings. The number of nitrogens with two attached hydrogens (primary N) is 1. The molecule has 1 atom stereocenters. The van der Waals surface area contributed by atoms with Crippen LogP contribution in [0, 0.1) is 5.92 Å². The Morgan fingerprint density at radius 2 is 2.27 bits per heavy atom. The maximum atomic E-state index is 11.5. The lowest BCUT2D eigenvalue weighted by atomic mass is 9.87. The summed E-state index contributed by atoms with van der Waals surface area (Å²) in [6.45, 7) is 3.51. The van der Waals surface area contributed by atoms with Crippen LogP contribution in [0.5, 0.6) is 0 Å². The largest absolute Gasteiger partial charge is 0.512 e. The zero-order chi connectivity index (χ0) is 11.3. The number of carbonyl (C=O) groups excluding carboxylic acids is 1. The molecule has 0 saturated carbocycles. The van der Waals surface area contributed by atoms with Gasteiger partial charge >= 0.3 is 0 Å². The van der Waals surface area contributed by atoms with Crippen LogP contribution in [-0.2, 0) is 4.79 Å². The number of hydrazine groups is 1. The number of hydrogen-bond donors (Lipinski definition) is 3. The molecule has 4 N–H and O–H groups in total. The highest BCUT2D eigenvalue weighted by Crippen LogP contribution is 2.27. The number of nitrogens with one attached hydrogen (secondary N) is 1. The number of hydrogen-bond acceptors (Lipinski definition) is 3. The van der Waals surface area contributed by atoms with Gasteiger partial charge in [-0.05, 0) is 19.3 Å². The molecule has 1 aliphatic rings. The fraction of sp³-hybridized carbons (Fsp3) is 0.545. The summed E-state index contributed by atoms with van der Waals surface area (Å²) in [4.78, 5) is 11.5. The molecule has 1 amide bonds. The molecule has 1 unspecified atom stereocenters. The molecule has 0 spiro atoms. The average molecular weight is 210 g/mol. The van der Waals surface area contributed by atoms with Gasteiger partial charge in [-0.3, -0.25) is 10.2 Å². The highest BCUT2D eigenvalue weighted by molar-refractivity contribution is 5.93. The predicted molar refractivity (Wildman–Crippen MR) is 58.8 cm³/mol. The molecule has 0 saturated heterocycles. The Balaban J connectivity index is 2.89. The fourth-order valence-electron chi connectivity index (χ4n) is 1.91. The van der Waals surface area contributed by atoms with Gasteiger partial charge in [0.05, 0.1) is 5.76 Å². The van der Waals surface area contributed by atoms with Gasteiger partial charge in [0.25, 0.3) is 5.91 Å². The zero-order valence-corrected chi connectivity index (χ0v) is 8.83. The summed E-state index contributed by atoms with van der Waals surface area (Å²) in [5, 5.41) is 9.45. The Kier molecular flexibility index (Phi) is 4.37. The van der Waals surface area contributed by atoms with Gasteiger partial charge in [-0.15, -0.1) is 0 Å². The van der Waals surface area contributed by atoms with Crippen molar-refractivity contribution in [3.05, 3.63) is 24.0 Å². The van der Waals surface area contributed by atoms with Gasteiger partial charge in [0.1, 0.15) is 0 Å². The molecule has 84 valence electrons. The topological polar surface area (TPSA) is 75.3 Å². The van der Waals surface area contributed by atoms with Crippen LogP contribution in [-0.4, -0.2) is 11.0 Å². The van der Waals surface area contributed by atoms with Crippen LogP contribution in [0.1, 0.15) is 32.1 Å². The second kappa shape index (κ2) is 5.56. The Labute approximate surface area is 89.8 Å². The van der Waals surface area contributed by atoms with Crippen LogP contribution in [0.15, 0.2) is 24.0 Å². The zero-order valence-electron chi connectivity index (χ0n) is 8.83. The van der Waals surface area contributed by atoms with E-state index in [1.807, 2.05) is 6.08 Å². The number of aliphatic hydroxyl groups excluding tert-OH is 1. The molecule has 15 heavy (non-hydrogen) atoms. The van der Waals surface area contributed by atoms with E-state index >= 15 is 0 Å². The first-order chi connectivity index (χ1) is 7.16. The molecule has 0 heterocycles. The SMILES string of the molecule is C=C(O)C1CCCCCC=C1C(=O)NN. The van der Waals surface area contributed by atoms with Crippen molar-refractivity contribution in [3.8, 4) is 0 Å². The van der Waals surface area contributed by atoms with Gasteiger partial charge in [-0.2, -0.15) is 0 Å². The third-order valence-corrected chi connectivity index (χ3v) is 2.73. The van der Waals surface area contributed by atoms with Gasteiger partial charge in [0, 0.05) is 11.5 Å². The minimum absolute atomic E-state index is 0.0479. The number of amides is 1. The quantitative estimate of drug-likeness (QED) is 0.280. The van der Waals surface area contributed by atoms with Crippen LogP contribution < -0.4 is 11.3 Å². The van der Waals surface area contributed by atoms with E-state index < -0.39 is 0 Å². The van der Waals surface area contributed by atoms with Crippen molar-refractivity contribution in [1.82, 2.24) is 5.43 Å². The monoisotopic (exact) mass is 210 g/mol. The molecule has 1 aliphatic carbocycles. The summed E-state index contributed by atoms with van der Waals surface area (Å²) < 4.78 is 0. The van der Waals surface area contributed by atoms with Crippen LogP contribution in [0.4, 0.5) is 0 Å². The maximum absolute atomic E-state index is 11.5. The van der Waals surface area contributed by atoms with E-state index in [1.54, 1.807) is 0 Å². The molecule has 0 fully saturated rings. The lowest BCUT2D eigenvalue weighted by Crippen LogP contribution is -2.34. The molecule has 0 bridgehead atoms. The number of aliphatic hydroxyl groups is 1. The third kappa shape index (κ3) is 3.09. The molecule has 0 radical (unpaired) electrons.